The van der Waals surface area contributed by atoms with E-state index in [1.54, 1.807) is 38.5 Å². The van der Waals surface area contributed by atoms with Crippen molar-refractivity contribution in [1.82, 2.24) is 0 Å². The summed E-state index contributed by atoms with van der Waals surface area (Å²) in [6.45, 7) is 0. The van der Waals surface area contributed by atoms with Crippen LogP contribution in [0, 0.1) is 5.82 Å². The van der Waals surface area contributed by atoms with E-state index in [0.717, 1.165) is 5.56 Å². The highest BCUT2D eigenvalue weighted by Gasteiger charge is 2.02. The van der Waals surface area contributed by atoms with Gasteiger partial charge in [-0.05, 0) is 23.8 Å². The number of hydrogen-bond acceptors (Lipinski definition) is 2. The number of ether oxygens (including phenoxy) is 2. The first-order valence-electron chi connectivity index (χ1n) is 5.89. The molecule has 2 nitrogen and oxygen atoms in total. The van der Waals surface area contributed by atoms with Gasteiger partial charge in [-0.1, -0.05) is 36.4 Å². The van der Waals surface area contributed by atoms with Crippen molar-refractivity contribution < 1.29 is 13.9 Å². The summed E-state index contributed by atoms with van der Waals surface area (Å²) >= 11 is 0. The lowest BCUT2D eigenvalue weighted by atomic mass is 10.1. The standard InChI is InChI=1S/C16H15FO2/c1-18-15-10-8-12(11-16(15)19-2)7-9-13-5-3-4-6-14(13)17/h3-11H,1-2H3/b9-7+. The first kappa shape index (κ1) is 13.1. The lowest BCUT2D eigenvalue weighted by Crippen LogP contribution is -1.90. The smallest absolute Gasteiger partial charge is 0.161 e. The van der Waals surface area contributed by atoms with E-state index in [1.165, 1.54) is 6.07 Å². The molecule has 0 aliphatic rings. The Morgan fingerprint density at radius 1 is 0.895 bits per heavy atom. The third kappa shape index (κ3) is 3.13. The average Bonchev–Trinajstić information content (AvgIpc) is 2.46. The van der Waals surface area contributed by atoms with E-state index in [-0.39, 0.29) is 5.82 Å². The van der Waals surface area contributed by atoms with Gasteiger partial charge in [-0.25, -0.2) is 4.39 Å². The van der Waals surface area contributed by atoms with Gasteiger partial charge in [0, 0.05) is 5.56 Å². The normalized spacial score (nSPS) is 10.7. The van der Waals surface area contributed by atoms with Crippen LogP contribution in [0.25, 0.3) is 12.2 Å². The zero-order chi connectivity index (χ0) is 13.7. The predicted octanol–water partition coefficient (Wildman–Crippen LogP) is 4.01. The van der Waals surface area contributed by atoms with Crippen LogP contribution in [0.1, 0.15) is 11.1 Å². The van der Waals surface area contributed by atoms with Crippen molar-refractivity contribution in [1.29, 1.82) is 0 Å². The number of methoxy groups -OCH3 is 2. The second-order valence-electron chi connectivity index (χ2n) is 3.97. The van der Waals surface area contributed by atoms with E-state index >= 15 is 0 Å². The van der Waals surface area contributed by atoms with Gasteiger partial charge in [0.2, 0.25) is 0 Å². The molecule has 0 unspecified atom stereocenters. The molecule has 0 fully saturated rings. The second-order valence-corrected chi connectivity index (χ2v) is 3.97. The molecule has 0 spiro atoms. The average molecular weight is 258 g/mol. The Balaban J connectivity index is 2.26. The SMILES string of the molecule is COc1ccc(/C=C/c2ccccc2F)cc1OC. The van der Waals surface area contributed by atoms with Gasteiger partial charge in [0.25, 0.3) is 0 Å². The topological polar surface area (TPSA) is 18.5 Å². The molecule has 0 amide bonds. The minimum Gasteiger partial charge on any atom is -0.493 e. The van der Waals surface area contributed by atoms with Gasteiger partial charge >= 0.3 is 0 Å². The minimum absolute atomic E-state index is 0.237. The fourth-order valence-electron chi connectivity index (χ4n) is 1.75. The van der Waals surface area contributed by atoms with Crippen LogP contribution in [0.2, 0.25) is 0 Å². The number of benzene rings is 2. The maximum atomic E-state index is 13.5. The molecule has 19 heavy (non-hydrogen) atoms. The first-order chi connectivity index (χ1) is 9.24. The number of rotatable bonds is 4. The summed E-state index contributed by atoms with van der Waals surface area (Å²) in [6, 6.07) is 12.2. The largest absolute Gasteiger partial charge is 0.493 e. The first-order valence-corrected chi connectivity index (χ1v) is 5.89. The van der Waals surface area contributed by atoms with Crippen LogP contribution in [-0.4, -0.2) is 14.2 Å². The Morgan fingerprint density at radius 3 is 2.32 bits per heavy atom. The van der Waals surface area contributed by atoms with Crippen molar-refractivity contribution in [3.05, 3.63) is 59.4 Å². The molecule has 0 aliphatic heterocycles. The van der Waals surface area contributed by atoms with E-state index in [2.05, 4.69) is 0 Å². The Bertz CT molecular complexity index is 591. The van der Waals surface area contributed by atoms with Crippen LogP contribution in [0.5, 0.6) is 11.5 Å². The van der Waals surface area contributed by atoms with Gasteiger partial charge in [-0.2, -0.15) is 0 Å². The van der Waals surface area contributed by atoms with Crippen LogP contribution in [0.3, 0.4) is 0 Å². The van der Waals surface area contributed by atoms with Crippen molar-refractivity contribution >= 4 is 12.2 Å². The summed E-state index contributed by atoms with van der Waals surface area (Å²) < 4.78 is 23.8. The summed E-state index contributed by atoms with van der Waals surface area (Å²) in [7, 11) is 3.18. The van der Waals surface area contributed by atoms with Crippen LogP contribution in [0.15, 0.2) is 42.5 Å². The van der Waals surface area contributed by atoms with Crippen molar-refractivity contribution in [3.63, 3.8) is 0 Å². The van der Waals surface area contributed by atoms with E-state index in [0.29, 0.717) is 17.1 Å². The van der Waals surface area contributed by atoms with Gasteiger partial charge in [0.15, 0.2) is 11.5 Å². The molecule has 2 aromatic rings. The van der Waals surface area contributed by atoms with E-state index < -0.39 is 0 Å². The third-order valence-electron chi connectivity index (χ3n) is 2.77. The highest BCUT2D eigenvalue weighted by atomic mass is 19.1. The van der Waals surface area contributed by atoms with E-state index in [9.17, 15) is 4.39 Å². The van der Waals surface area contributed by atoms with Crippen molar-refractivity contribution in [2.45, 2.75) is 0 Å². The molecule has 2 rings (SSSR count). The van der Waals surface area contributed by atoms with Gasteiger partial charge in [-0.3, -0.25) is 0 Å². The van der Waals surface area contributed by atoms with Crippen LogP contribution in [0.4, 0.5) is 4.39 Å². The summed E-state index contributed by atoms with van der Waals surface area (Å²) in [5, 5.41) is 0. The van der Waals surface area contributed by atoms with Crippen LogP contribution >= 0.6 is 0 Å². The molecule has 0 N–H and O–H groups in total. The summed E-state index contributed by atoms with van der Waals surface area (Å²) in [6.07, 6.45) is 3.57. The van der Waals surface area contributed by atoms with Crippen LogP contribution < -0.4 is 9.47 Å². The molecule has 98 valence electrons. The predicted molar refractivity (Wildman–Crippen MR) is 74.9 cm³/mol. The molecule has 0 atom stereocenters. The van der Waals surface area contributed by atoms with Crippen molar-refractivity contribution in [2.75, 3.05) is 14.2 Å². The minimum atomic E-state index is -0.237. The van der Waals surface area contributed by atoms with Crippen molar-refractivity contribution in [3.8, 4) is 11.5 Å². The number of hydrogen-bond donors (Lipinski definition) is 0. The van der Waals surface area contributed by atoms with Crippen molar-refractivity contribution in [2.24, 2.45) is 0 Å². The molecule has 0 saturated heterocycles. The fraction of sp³-hybridized carbons (Fsp3) is 0.125. The zero-order valence-corrected chi connectivity index (χ0v) is 10.9. The molecular weight excluding hydrogens is 243 g/mol. The Kier molecular flexibility index (Phi) is 4.18. The van der Waals surface area contributed by atoms with Gasteiger partial charge in [0.05, 0.1) is 14.2 Å². The Hall–Kier alpha value is -2.29. The Labute approximate surface area is 112 Å². The van der Waals surface area contributed by atoms with E-state index in [1.807, 2.05) is 24.3 Å². The molecule has 0 aromatic heterocycles. The monoisotopic (exact) mass is 258 g/mol. The molecule has 0 aliphatic carbocycles. The molecule has 0 radical (unpaired) electrons. The molecule has 2 aromatic carbocycles. The quantitative estimate of drug-likeness (QED) is 0.771. The zero-order valence-electron chi connectivity index (χ0n) is 10.9. The third-order valence-corrected chi connectivity index (χ3v) is 2.77. The van der Waals surface area contributed by atoms with Gasteiger partial charge in [-0.15, -0.1) is 0 Å². The summed E-state index contributed by atoms with van der Waals surface area (Å²) in [4.78, 5) is 0. The lowest BCUT2D eigenvalue weighted by Gasteiger charge is -2.07. The fourth-order valence-corrected chi connectivity index (χ4v) is 1.75. The lowest BCUT2D eigenvalue weighted by molar-refractivity contribution is 0.355. The highest BCUT2D eigenvalue weighted by molar-refractivity contribution is 5.71. The molecule has 3 heteroatoms. The molecular formula is C16H15FO2. The molecule has 0 bridgehead atoms. The maximum absolute atomic E-state index is 13.5. The highest BCUT2D eigenvalue weighted by Crippen LogP contribution is 2.28. The summed E-state index contributed by atoms with van der Waals surface area (Å²) in [5.74, 6) is 1.09. The molecule has 0 saturated carbocycles. The van der Waals surface area contributed by atoms with E-state index in [4.69, 9.17) is 9.47 Å². The van der Waals surface area contributed by atoms with Gasteiger partial charge < -0.3 is 9.47 Å². The second kappa shape index (κ2) is 6.05. The molecule has 0 heterocycles. The number of halogens is 1. The summed E-state index contributed by atoms with van der Waals surface area (Å²) in [5.41, 5.74) is 1.47. The maximum Gasteiger partial charge on any atom is 0.161 e. The Morgan fingerprint density at radius 2 is 1.63 bits per heavy atom. The van der Waals surface area contributed by atoms with Gasteiger partial charge in [0.1, 0.15) is 5.82 Å². The van der Waals surface area contributed by atoms with Crippen LogP contribution in [-0.2, 0) is 0 Å².